The van der Waals surface area contributed by atoms with E-state index in [1.807, 2.05) is 61.5 Å². The number of hydrogen-bond donors (Lipinski definition) is 1. The van der Waals surface area contributed by atoms with E-state index in [0.717, 1.165) is 11.1 Å². The Kier molecular flexibility index (Phi) is 5.29. The van der Waals surface area contributed by atoms with E-state index in [-0.39, 0.29) is 11.9 Å². The van der Waals surface area contributed by atoms with Gasteiger partial charge in [-0.2, -0.15) is 5.26 Å². The highest BCUT2D eigenvalue weighted by Gasteiger charge is 2.22. The predicted octanol–water partition coefficient (Wildman–Crippen LogP) is 2.48. The molecule has 0 saturated carbocycles. The summed E-state index contributed by atoms with van der Waals surface area (Å²) in [7, 11) is 3.78. The number of hydrogen-bond acceptors (Lipinski definition) is 3. The van der Waals surface area contributed by atoms with Crippen LogP contribution in [-0.4, -0.2) is 24.9 Å². The lowest BCUT2D eigenvalue weighted by atomic mass is 10.1. The van der Waals surface area contributed by atoms with E-state index in [1.165, 1.54) is 0 Å². The molecule has 2 rings (SSSR count). The highest BCUT2D eigenvalue weighted by atomic mass is 16.2. The third kappa shape index (κ3) is 3.94. The molecule has 0 unspecified atom stereocenters. The number of carbonyl (C=O) groups excluding carboxylic acids is 1. The Bertz CT molecular complexity index is 657. The van der Waals surface area contributed by atoms with Crippen molar-refractivity contribution in [1.82, 2.24) is 10.2 Å². The number of likely N-dealkylation sites (N-methyl/N-ethyl adjacent to an activating group) is 1. The number of rotatable bonds is 5. The maximum absolute atomic E-state index is 12.5. The SMILES string of the molecule is CN(C)[C@H](C(=O)NCc1ccc(C#N)cc1)c1ccccc1. The first-order valence-electron chi connectivity index (χ1n) is 7.10. The maximum atomic E-state index is 12.5. The van der Waals surface area contributed by atoms with Gasteiger partial charge < -0.3 is 5.32 Å². The van der Waals surface area contributed by atoms with E-state index in [9.17, 15) is 4.79 Å². The van der Waals surface area contributed by atoms with Gasteiger partial charge in [-0.25, -0.2) is 0 Å². The lowest BCUT2D eigenvalue weighted by molar-refractivity contribution is -0.125. The van der Waals surface area contributed by atoms with Crippen molar-refractivity contribution < 1.29 is 4.79 Å². The summed E-state index contributed by atoms with van der Waals surface area (Å²) in [4.78, 5) is 14.4. The molecule has 0 radical (unpaired) electrons. The van der Waals surface area contributed by atoms with Crippen LogP contribution in [0.15, 0.2) is 54.6 Å². The zero-order chi connectivity index (χ0) is 15.9. The first-order valence-corrected chi connectivity index (χ1v) is 7.10. The van der Waals surface area contributed by atoms with E-state index in [1.54, 1.807) is 12.1 Å². The number of carbonyl (C=O) groups is 1. The van der Waals surface area contributed by atoms with Crippen molar-refractivity contribution >= 4 is 5.91 Å². The van der Waals surface area contributed by atoms with Crippen molar-refractivity contribution in [3.8, 4) is 6.07 Å². The first-order chi connectivity index (χ1) is 10.6. The average Bonchev–Trinajstić information content (AvgIpc) is 2.54. The van der Waals surface area contributed by atoms with E-state index in [0.29, 0.717) is 12.1 Å². The van der Waals surface area contributed by atoms with Gasteiger partial charge in [-0.05, 0) is 37.4 Å². The van der Waals surface area contributed by atoms with Crippen molar-refractivity contribution in [3.63, 3.8) is 0 Å². The van der Waals surface area contributed by atoms with Crippen molar-refractivity contribution in [2.24, 2.45) is 0 Å². The molecule has 112 valence electrons. The normalized spacial score (nSPS) is 11.7. The molecule has 0 bridgehead atoms. The van der Waals surface area contributed by atoms with Crippen LogP contribution in [0.4, 0.5) is 0 Å². The third-order valence-electron chi connectivity index (χ3n) is 3.43. The van der Waals surface area contributed by atoms with Crippen LogP contribution in [0.2, 0.25) is 0 Å². The molecule has 4 heteroatoms. The lowest BCUT2D eigenvalue weighted by Gasteiger charge is -2.23. The van der Waals surface area contributed by atoms with E-state index >= 15 is 0 Å². The average molecular weight is 293 g/mol. The summed E-state index contributed by atoms with van der Waals surface area (Å²) >= 11 is 0. The fraction of sp³-hybridized carbons (Fsp3) is 0.222. The Morgan fingerprint density at radius 1 is 1.14 bits per heavy atom. The molecule has 2 aromatic carbocycles. The Labute approximate surface area is 131 Å². The van der Waals surface area contributed by atoms with Crippen molar-refractivity contribution in [1.29, 1.82) is 5.26 Å². The van der Waals surface area contributed by atoms with Crippen LogP contribution < -0.4 is 5.32 Å². The maximum Gasteiger partial charge on any atom is 0.242 e. The molecular formula is C18H19N3O. The van der Waals surface area contributed by atoms with Gasteiger partial charge in [0.05, 0.1) is 11.6 Å². The summed E-state index contributed by atoms with van der Waals surface area (Å²) in [6, 6.07) is 18.7. The molecular weight excluding hydrogens is 274 g/mol. The van der Waals surface area contributed by atoms with Gasteiger partial charge in [0.2, 0.25) is 5.91 Å². The molecule has 0 spiro atoms. The van der Waals surface area contributed by atoms with Crippen molar-refractivity contribution in [3.05, 3.63) is 71.3 Å². The second kappa shape index (κ2) is 7.39. The molecule has 22 heavy (non-hydrogen) atoms. The van der Waals surface area contributed by atoms with Crippen molar-refractivity contribution in [2.75, 3.05) is 14.1 Å². The second-order valence-electron chi connectivity index (χ2n) is 5.30. The molecule has 2 aromatic rings. The van der Waals surface area contributed by atoms with Crippen LogP contribution in [0.25, 0.3) is 0 Å². The topological polar surface area (TPSA) is 56.1 Å². The first kappa shape index (κ1) is 15.7. The van der Waals surface area contributed by atoms with E-state index < -0.39 is 0 Å². The molecule has 0 aromatic heterocycles. The van der Waals surface area contributed by atoms with Crippen LogP contribution in [0, 0.1) is 11.3 Å². The van der Waals surface area contributed by atoms with Crippen molar-refractivity contribution in [2.45, 2.75) is 12.6 Å². The molecule has 1 N–H and O–H groups in total. The number of amides is 1. The Morgan fingerprint density at radius 3 is 2.32 bits per heavy atom. The predicted molar refractivity (Wildman–Crippen MR) is 85.9 cm³/mol. The van der Waals surface area contributed by atoms with Gasteiger partial charge in [0, 0.05) is 6.54 Å². The minimum atomic E-state index is -0.320. The number of nitriles is 1. The molecule has 1 atom stereocenters. The highest BCUT2D eigenvalue weighted by Crippen LogP contribution is 2.18. The van der Waals surface area contributed by atoms with Gasteiger partial charge in [0.25, 0.3) is 0 Å². The molecule has 4 nitrogen and oxygen atoms in total. The molecule has 0 saturated heterocycles. The number of benzene rings is 2. The summed E-state index contributed by atoms with van der Waals surface area (Å²) in [5, 5.41) is 11.7. The summed E-state index contributed by atoms with van der Waals surface area (Å²) in [6.45, 7) is 0.446. The molecule has 1 amide bonds. The number of nitrogens with one attached hydrogen (secondary N) is 1. The quantitative estimate of drug-likeness (QED) is 0.921. The smallest absolute Gasteiger partial charge is 0.242 e. The van der Waals surface area contributed by atoms with Crippen LogP contribution in [0.1, 0.15) is 22.7 Å². The van der Waals surface area contributed by atoms with Gasteiger partial charge in [-0.15, -0.1) is 0 Å². The lowest BCUT2D eigenvalue weighted by Crippen LogP contribution is -2.36. The van der Waals surface area contributed by atoms with Gasteiger partial charge >= 0.3 is 0 Å². The molecule has 0 fully saturated rings. The Hall–Kier alpha value is -2.64. The zero-order valence-electron chi connectivity index (χ0n) is 12.8. The molecule has 0 aliphatic rings. The minimum absolute atomic E-state index is 0.0411. The van der Waals surface area contributed by atoms with Gasteiger partial charge in [0.15, 0.2) is 0 Å². The standard InChI is InChI=1S/C18H19N3O/c1-21(2)17(16-6-4-3-5-7-16)18(22)20-13-15-10-8-14(12-19)9-11-15/h3-11,17H,13H2,1-2H3,(H,20,22)/t17-/m0/s1. The Morgan fingerprint density at radius 2 is 1.77 bits per heavy atom. The zero-order valence-corrected chi connectivity index (χ0v) is 12.8. The third-order valence-corrected chi connectivity index (χ3v) is 3.43. The van der Waals surface area contributed by atoms with E-state index in [4.69, 9.17) is 5.26 Å². The monoisotopic (exact) mass is 293 g/mol. The summed E-state index contributed by atoms with van der Waals surface area (Å²) < 4.78 is 0. The highest BCUT2D eigenvalue weighted by molar-refractivity contribution is 5.83. The summed E-state index contributed by atoms with van der Waals surface area (Å²) in [5.41, 5.74) is 2.55. The van der Waals surface area contributed by atoms with Crippen LogP contribution in [0.3, 0.4) is 0 Å². The van der Waals surface area contributed by atoms with Gasteiger partial charge in [-0.3, -0.25) is 9.69 Å². The van der Waals surface area contributed by atoms with Crippen LogP contribution >= 0.6 is 0 Å². The molecule has 0 aliphatic heterocycles. The van der Waals surface area contributed by atoms with E-state index in [2.05, 4.69) is 11.4 Å². The largest absolute Gasteiger partial charge is 0.350 e. The van der Waals surface area contributed by atoms with Gasteiger partial charge in [-0.1, -0.05) is 42.5 Å². The number of nitrogens with zero attached hydrogens (tertiary/aromatic N) is 2. The minimum Gasteiger partial charge on any atom is -0.350 e. The fourth-order valence-electron chi connectivity index (χ4n) is 2.30. The summed E-state index contributed by atoms with van der Waals surface area (Å²) in [5.74, 6) is -0.0411. The molecule has 0 heterocycles. The van der Waals surface area contributed by atoms with Crippen LogP contribution in [0.5, 0.6) is 0 Å². The fourth-order valence-corrected chi connectivity index (χ4v) is 2.30. The molecule has 0 aliphatic carbocycles. The second-order valence-corrected chi connectivity index (χ2v) is 5.30. The summed E-state index contributed by atoms with van der Waals surface area (Å²) in [6.07, 6.45) is 0. The van der Waals surface area contributed by atoms with Crippen LogP contribution in [-0.2, 0) is 11.3 Å². The van der Waals surface area contributed by atoms with Gasteiger partial charge in [0.1, 0.15) is 6.04 Å². The Balaban J connectivity index is 2.04.